The molecule has 0 aliphatic heterocycles. The molecule has 0 spiro atoms. The molecule has 0 bridgehead atoms. The topological polar surface area (TPSA) is 58.9 Å². The van der Waals surface area contributed by atoms with Crippen LogP contribution >= 0.6 is 15.9 Å². The highest BCUT2D eigenvalue weighted by molar-refractivity contribution is 9.10. The van der Waals surface area contributed by atoms with Gasteiger partial charge in [-0.1, -0.05) is 18.2 Å². The van der Waals surface area contributed by atoms with E-state index in [2.05, 4.69) is 20.9 Å². The lowest BCUT2D eigenvalue weighted by molar-refractivity contribution is -0.486. The zero-order chi connectivity index (χ0) is 14.2. The summed E-state index contributed by atoms with van der Waals surface area (Å²) < 4.78 is 27.2. The number of aromatic amines is 1. The summed E-state index contributed by atoms with van der Waals surface area (Å²) in [7, 11) is 0. The molecule has 7 heteroatoms. The third-order valence-electron chi connectivity index (χ3n) is 3.02. The Morgan fingerprint density at radius 3 is 2.68 bits per heavy atom. The van der Waals surface area contributed by atoms with Crippen molar-refractivity contribution in [2.75, 3.05) is 6.54 Å². The summed E-state index contributed by atoms with van der Waals surface area (Å²) in [5, 5.41) is 11.2. The third-order valence-corrected chi connectivity index (χ3v) is 3.57. The predicted octanol–water partition coefficient (Wildman–Crippen LogP) is 3.82. The number of aromatic nitrogens is 1. The fraction of sp³-hybridized carbons (Fsp3) is 0.333. The number of rotatable bonds is 4. The van der Waals surface area contributed by atoms with Crippen molar-refractivity contribution in [2.45, 2.75) is 17.7 Å². The molecule has 0 aliphatic rings. The molecule has 0 aliphatic carbocycles. The molecule has 1 aromatic carbocycles. The van der Waals surface area contributed by atoms with Gasteiger partial charge in [-0.3, -0.25) is 10.1 Å². The molecular weight excluding hydrogens is 322 g/mol. The standard InChI is InChI=1S/C12H11BrF2N2O2/c1-7-11(8-4-2-3-5-10(8)16-7)9(6-17(18)19)12(13,14)15/h2-5,9,16H,6H2,1H3. The number of halogens is 3. The van der Waals surface area contributed by atoms with Gasteiger partial charge in [0.2, 0.25) is 6.54 Å². The first-order valence-corrected chi connectivity index (χ1v) is 6.35. The fourth-order valence-electron chi connectivity index (χ4n) is 2.25. The summed E-state index contributed by atoms with van der Waals surface area (Å²) in [5.41, 5.74) is 1.50. The van der Waals surface area contributed by atoms with E-state index in [0.29, 0.717) is 16.6 Å². The second-order valence-corrected chi connectivity index (χ2v) is 5.38. The van der Waals surface area contributed by atoms with Crippen LogP contribution in [0, 0.1) is 17.0 Å². The number of aryl methyl sites for hydroxylation is 1. The molecular formula is C12H11BrF2N2O2. The largest absolute Gasteiger partial charge is 0.358 e. The van der Waals surface area contributed by atoms with Gasteiger partial charge >= 0.3 is 4.83 Å². The van der Waals surface area contributed by atoms with E-state index >= 15 is 0 Å². The van der Waals surface area contributed by atoms with Crippen LogP contribution in [0.2, 0.25) is 0 Å². The van der Waals surface area contributed by atoms with Gasteiger partial charge in [-0.2, -0.15) is 8.78 Å². The van der Waals surface area contributed by atoms with Crippen LogP contribution in [-0.4, -0.2) is 21.3 Å². The van der Waals surface area contributed by atoms with E-state index in [1.54, 1.807) is 31.2 Å². The van der Waals surface area contributed by atoms with Crippen LogP contribution in [0.25, 0.3) is 10.9 Å². The van der Waals surface area contributed by atoms with E-state index < -0.39 is 22.2 Å². The van der Waals surface area contributed by atoms with Crippen molar-refractivity contribution in [3.8, 4) is 0 Å². The Labute approximate surface area is 116 Å². The Balaban J connectivity index is 2.62. The first kappa shape index (κ1) is 13.9. The van der Waals surface area contributed by atoms with Gasteiger partial charge in [0, 0.05) is 21.5 Å². The number of nitro groups is 1. The Bertz CT molecular complexity index is 622. The molecule has 19 heavy (non-hydrogen) atoms. The van der Waals surface area contributed by atoms with Gasteiger partial charge in [-0.05, 0) is 34.5 Å². The van der Waals surface area contributed by atoms with Crippen molar-refractivity contribution < 1.29 is 13.7 Å². The van der Waals surface area contributed by atoms with Gasteiger partial charge in [-0.15, -0.1) is 0 Å². The highest BCUT2D eigenvalue weighted by Gasteiger charge is 2.43. The summed E-state index contributed by atoms with van der Waals surface area (Å²) in [5.74, 6) is -1.52. The number of alkyl halides is 3. The zero-order valence-corrected chi connectivity index (χ0v) is 11.6. The highest BCUT2D eigenvalue weighted by Crippen LogP contribution is 2.42. The van der Waals surface area contributed by atoms with Crippen molar-refractivity contribution in [1.29, 1.82) is 0 Å². The second-order valence-electron chi connectivity index (χ2n) is 4.32. The molecule has 1 aromatic heterocycles. The van der Waals surface area contributed by atoms with Gasteiger partial charge < -0.3 is 4.98 Å². The lowest BCUT2D eigenvalue weighted by Gasteiger charge is -2.19. The average molecular weight is 333 g/mol. The molecule has 1 unspecified atom stereocenters. The van der Waals surface area contributed by atoms with E-state index in [1.165, 1.54) is 0 Å². The summed E-state index contributed by atoms with van der Waals surface area (Å²) in [6.45, 7) is 0.807. The summed E-state index contributed by atoms with van der Waals surface area (Å²) in [4.78, 5) is 9.56. The molecule has 0 fully saturated rings. The van der Waals surface area contributed by atoms with Crippen LogP contribution in [0.3, 0.4) is 0 Å². The van der Waals surface area contributed by atoms with Gasteiger partial charge in [0.15, 0.2) is 0 Å². The molecule has 1 atom stereocenters. The Morgan fingerprint density at radius 1 is 1.47 bits per heavy atom. The number of hydrogen-bond acceptors (Lipinski definition) is 2. The van der Waals surface area contributed by atoms with Crippen molar-refractivity contribution in [2.24, 2.45) is 0 Å². The number of nitrogens with zero attached hydrogens (tertiary/aromatic N) is 1. The average Bonchev–Trinajstić information content (AvgIpc) is 2.60. The summed E-state index contributed by atoms with van der Waals surface area (Å²) in [6.07, 6.45) is 0. The van der Waals surface area contributed by atoms with Crippen LogP contribution in [0.5, 0.6) is 0 Å². The molecule has 0 saturated heterocycles. The normalized spacial score (nSPS) is 13.7. The lowest BCUT2D eigenvalue weighted by Crippen LogP contribution is -2.26. The number of hydrogen-bond donors (Lipinski definition) is 1. The SMILES string of the molecule is Cc1[nH]c2ccccc2c1C(C[N+](=O)[O-])C(F)(F)Br. The van der Waals surface area contributed by atoms with Crippen LogP contribution in [0.4, 0.5) is 8.78 Å². The minimum atomic E-state index is -3.34. The number of H-pyrrole nitrogens is 1. The van der Waals surface area contributed by atoms with E-state index in [4.69, 9.17) is 0 Å². The summed E-state index contributed by atoms with van der Waals surface area (Å²) >= 11 is 2.26. The maximum atomic E-state index is 13.6. The molecule has 0 amide bonds. The van der Waals surface area contributed by atoms with Crippen molar-refractivity contribution in [3.05, 3.63) is 45.6 Å². The Morgan fingerprint density at radius 2 is 2.11 bits per heavy atom. The molecule has 102 valence electrons. The van der Waals surface area contributed by atoms with E-state index in [-0.39, 0.29) is 5.56 Å². The maximum absolute atomic E-state index is 13.6. The maximum Gasteiger partial charge on any atom is 0.314 e. The third kappa shape index (κ3) is 2.75. The lowest BCUT2D eigenvalue weighted by atomic mass is 9.96. The molecule has 0 radical (unpaired) electrons. The van der Waals surface area contributed by atoms with Crippen molar-refractivity contribution in [1.82, 2.24) is 4.98 Å². The van der Waals surface area contributed by atoms with Crippen LogP contribution in [0.1, 0.15) is 17.2 Å². The first-order chi connectivity index (χ1) is 8.80. The van der Waals surface area contributed by atoms with Crippen molar-refractivity contribution in [3.63, 3.8) is 0 Å². The van der Waals surface area contributed by atoms with E-state index in [9.17, 15) is 18.9 Å². The first-order valence-electron chi connectivity index (χ1n) is 5.56. The number of nitrogens with one attached hydrogen (secondary N) is 1. The fourth-order valence-corrected chi connectivity index (χ4v) is 2.63. The van der Waals surface area contributed by atoms with Gasteiger partial charge in [0.25, 0.3) is 0 Å². The van der Waals surface area contributed by atoms with Gasteiger partial charge in [-0.25, -0.2) is 0 Å². The number of benzene rings is 1. The van der Waals surface area contributed by atoms with E-state index in [0.717, 1.165) is 0 Å². The molecule has 2 rings (SSSR count). The quantitative estimate of drug-likeness (QED) is 0.525. The second kappa shape index (κ2) is 4.88. The van der Waals surface area contributed by atoms with Crippen LogP contribution in [0.15, 0.2) is 24.3 Å². The molecule has 4 nitrogen and oxygen atoms in total. The predicted molar refractivity (Wildman–Crippen MR) is 71.5 cm³/mol. The Hall–Kier alpha value is -1.50. The van der Waals surface area contributed by atoms with E-state index in [1.807, 2.05) is 0 Å². The minimum Gasteiger partial charge on any atom is -0.358 e. The molecule has 2 aromatic rings. The molecule has 1 heterocycles. The number of fused-ring (bicyclic) bond motifs is 1. The smallest absolute Gasteiger partial charge is 0.314 e. The monoisotopic (exact) mass is 332 g/mol. The zero-order valence-electron chi connectivity index (χ0n) is 9.99. The Kier molecular flexibility index (Phi) is 3.58. The van der Waals surface area contributed by atoms with Crippen LogP contribution in [-0.2, 0) is 0 Å². The van der Waals surface area contributed by atoms with Gasteiger partial charge in [0.05, 0.1) is 0 Å². The highest BCUT2D eigenvalue weighted by atomic mass is 79.9. The minimum absolute atomic E-state index is 0.286. The molecule has 1 N–H and O–H groups in total. The van der Waals surface area contributed by atoms with Crippen molar-refractivity contribution >= 4 is 26.8 Å². The molecule has 0 saturated carbocycles. The van der Waals surface area contributed by atoms with Gasteiger partial charge in [0.1, 0.15) is 5.92 Å². The summed E-state index contributed by atoms with van der Waals surface area (Å²) in [6, 6.07) is 6.92. The van der Waals surface area contributed by atoms with Crippen LogP contribution < -0.4 is 0 Å². The number of para-hydroxylation sites is 1.